The van der Waals surface area contributed by atoms with Gasteiger partial charge in [0.25, 0.3) is 0 Å². The predicted octanol–water partition coefficient (Wildman–Crippen LogP) is 1.94. The molecule has 1 heterocycles. The molecule has 1 saturated carbocycles. The Morgan fingerprint density at radius 1 is 1.56 bits per heavy atom. The molecule has 0 aliphatic heterocycles. The third-order valence-electron chi connectivity index (χ3n) is 2.76. The van der Waals surface area contributed by atoms with Gasteiger partial charge >= 0.3 is 5.97 Å². The lowest BCUT2D eigenvalue weighted by Gasteiger charge is -2.10. The van der Waals surface area contributed by atoms with E-state index in [9.17, 15) is 4.79 Å². The third-order valence-corrected chi connectivity index (χ3v) is 2.76. The quantitative estimate of drug-likeness (QED) is 0.749. The highest BCUT2D eigenvalue weighted by Crippen LogP contribution is 2.20. The van der Waals surface area contributed by atoms with Crippen LogP contribution in [0.5, 0.6) is 0 Å². The third kappa shape index (κ3) is 2.62. The maximum absolute atomic E-state index is 10.7. The van der Waals surface area contributed by atoms with E-state index in [1.165, 1.54) is 19.1 Å². The van der Waals surface area contributed by atoms with Crippen LogP contribution in [-0.2, 0) is 11.4 Å². The summed E-state index contributed by atoms with van der Waals surface area (Å²) in [5.41, 5.74) is 3.40. The summed E-state index contributed by atoms with van der Waals surface area (Å²) in [4.78, 5) is 16.2. The van der Waals surface area contributed by atoms with Crippen LogP contribution in [0.1, 0.15) is 41.8 Å². The molecule has 1 aromatic rings. The average molecular weight is 225 g/mol. The van der Waals surface area contributed by atoms with E-state index in [-0.39, 0.29) is 11.9 Å². The first-order valence-corrected chi connectivity index (χ1v) is 5.45. The summed E-state index contributed by atoms with van der Waals surface area (Å²) < 4.78 is 4.85. The Labute approximate surface area is 93.3 Å². The molecule has 2 N–H and O–H groups in total. The minimum atomic E-state index is -1.05. The Morgan fingerprint density at radius 3 is 3.00 bits per heavy atom. The predicted molar refractivity (Wildman–Crippen MR) is 55.8 cm³/mol. The second-order valence-corrected chi connectivity index (χ2v) is 3.93. The van der Waals surface area contributed by atoms with Crippen molar-refractivity contribution in [2.45, 2.75) is 38.3 Å². The van der Waals surface area contributed by atoms with Crippen LogP contribution in [0.25, 0.3) is 0 Å². The second-order valence-electron chi connectivity index (χ2n) is 3.93. The van der Waals surface area contributed by atoms with Gasteiger partial charge in [0.1, 0.15) is 0 Å². The smallest absolute Gasteiger partial charge is 0.372 e. The fourth-order valence-corrected chi connectivity index (χ4v) is 1.91. The molecule has 2 rings (SSSR count). The molecular weight excluding hydrogens is 210 g/mol. The maximum atomic E-state index is 10.7. The SMILES string of the molecule is O=C(O)c1occc1CNOC1CCCC1. The molecule has 16 heavy (non-hydrogen) atoms. The first-order valence-electron chi connectivity index (χ1n) is 5.45. The van der Waals surface area contributed by atoms with E-state index < -0.39 is 5.97 Å². The first-order chi connectivity index (χ1) is 7.77. The zero-order chi connectivity index (χ0) is 11.4. The number of furan rings is 1. The first kappa shape index (κ1) is 11.2. The highest BCUT2D eigenvalue weighted by Gasteiger charge is 2.17. The van der Waals surface area contributed by atoms with Crippen LogP contribution in [0.4, 0.5) is 0 Å². The number of hydroxylamine groups is 1. The molecule has 0 amide bonds. The monoisotopic (exact) mass is 225 g/mol. The van der Waals surface area contributed by atoms with Crippen molar-refractivity contribution in [3.63, 3.8) is 0 Å². The van der Waals surface area contributed by atoms with Crippen molar-refractivity contribution in [1.29, 1.82) is 0 Å². The minimum Gasteiger partial charge on any atom is -0.475 e. The van der Waals surface area contributed by atoms with Crippen molar-refractivity contribution < 1.29 is 19.2 Å². The number of aromatic carboxylic acids is 1. The Bertz CT molecular complexity index is 355. The number of hydrogen-bond acceptors (Lipinski definition) is 4. The van der Waals surface area contributed by atoms with E-state index in [1.54, 1.807) is 6.07 Å². The Hall–Kier alpha value is -1.33. The lowest BCUT2D eigenvalue weighted by Crippen LogP contribution is -2.21. The van der Waals surface area contributed by atoms with Gasteiger partial charge < -0.3 is 9.52 Å². The van der Waals surface area contributed by atoms with Crippen LogP contribution >= 0.6 is 0 Å². The number of nitrogens with one attached hydrogen (secondary N) is 1. The van der Waals surface area contributed by atoms with Gasteiger partial charge in [-0.1, -0.05) is 12.8 Å². The summed E-state index contributed by atoms with van der Waals surface area (Å²) in [5, 5.41) is 8.80. The van der Waals surface area contributed by atoms with Gasteiger partial charge in [0, 0.05) is 5.56 Å². The highest BCUT2D eigenvalue weighted by molar-refractivity contribution is 5.86. The molecule has 1 fully saturated rings. The molecule has 5 nitrogen and oxygen atoms in total. The Morgan fingerprint density at radius 2 is 2.31 bits per heavy atom. The van der Waals surface area contributed by atoms with Crippen molar-refractivity contribution in [3.8, 4) is 0 Å². The van der Waals surface area contributed by atoms with E-state index in [4.69, 9.17) is 14.4 Å². The molecule has 0 unspecified atom stereocenters. The van der Waals surface area contributed by atoms with Crippen molar-refractivity contribution >= 4 is 5.97 Å². The molecule has 0 bridgehead atoms. The van der Waals surface area contributed by atoms with Gasteiger partial charge in [-0.2, -0.15) is 5.48 Å². The molecule has 0 atom stereocenters. The number of rotatable bonds is 5. The van der Waals surface area contributed by atoms with Gasteiger partial charge in [-0.15, -0.1) is 0 Å². The lowest BCUT2D eigenvalue weighted by atomic mass is 10.2. The molecule has 0 aromatic carbocycles. The van der Waals surface area contributed by atoms with Crippen LogP contribution in [0, 0.1) is 0 Å². The van der Waals surface area contributed by atoms with Crippen LogP contribution < -0.4 is 5.48 Å². The summed E-state index contributed by atoms with van der Waals surface area (Å²) in [6.45, 7) is 0.356. The number of carbonyl (C=O) groups is 1. The zero-order valence-electron chi connectivity index (χ0n) is 8.94. The standard InChI is InChI=1S/C11H15NO4/c13-11(14)10-8(5-6-15-10)7-12-16-9-3-1-2-4-9/h5-6,9,12H,1-4,7H2,(H,13,14). The van der Waals surface area contributed by atoms with Crippen molar-refractivity contribution in [2.24, 2.45) is 0 Å². The Balaban J connectivity index is 1.80. The second kappa shape index (κ2) is 5.14. The normalized spacial score (nSPS) is 16.8. The maximum Gasteiger partial charge on any atom is 0.372 e. The van der Waals surface area contributed by atoms with Crippen molar-refractivity contribution in [3.05, 3.63) is 23.7 Å². The molecule has 1 aliphatic rings. The minimum absolute atomic E-state index is 0.0254. The van der Waals surface area contributed by atoms with Crippen LogP contribution in [-0.4, -0.2) is 17.2 Å². The lowest BCUT2D eigenvalue weighted by molar-refractivity contribution is -0.0246. The van der Waals surface area contributed by atoms with E-state index in [2.05, 4.69) is 5.48 Å². The summed E-state index contributed by atoms with van der Waals surface area (Å²) in [6.07, 6.45) is 6.20. The van der Waals surface area contributed by atoms with Crippen LogP contribution in [0.3, 0.4) is 0 Å². The average Bonchev–Trinajstić information content (AvgIpc) is 2.87. The highest BCUT2D eigenvalue weighted by atomic mass is 16.7. The fraction of sp³-hybridized carbons (Fsp3) is 0.545. The number of hydrogen-bond donors (Lipinski definition) is 2. The van der Waals surface area contributed by atoms with Gasteiger partial charge in [-0.05, 0) is 18.9 Å². The molecule has 0 radical (unpaired) electrons. The van der Waals surface area contributed by atoms with Crippen molar-refractivity contribution in [1.82, 2.24) is 5.48 Å². The summed E-state index contributed by atoms with van der Waals surface area (Å²) in [7, 11) is 0. The van der Waals surface area contributed by atoms with Crippen LogP contribution in [0.15, 0.2) is 16.7 Å². The molecule has 1 aromatic heterocycles. The van der Waals surface area contributed by atoms with Crippen LogP contribution in [0.2, 0.25) is 0 Å². The molecule has 0 saturated heterocycles. The zero-order valence-corrected chi connectivity index (χ0v) is 8.94. The summed E-state index contributed by atoms with van der Waals surface area (Å²) in [6, 6.07) is 1.63. The van der Waals surface area contributed by atoms with Gasteiger partial charge in [0.05, 0.1) is 18.9 Å². The van der Waals surface area contributed by atoms with Gasteiger partial charge in [-0.3, -0.25) is 4.84 Å². The summed E-state index contributed by atoms with van der Waals surface area (Å²) in [5.74, 6) is -1.08. The molecular formula is C11H15NO4. The van der Waals surface area contributed by atoms with Gasteiger partial charge in [-0.25, -0.2) is 4.79 Å². The largest absolute Gasteiger partial charge is 0.475 e. The van der Waals surface area contributed by atoms with E-state index in [1.807, 2.05) is 0 Å². The molecule has 0 spiro atoms. The molecule has 5 heteroatoms. The number of carboxylic acids is 1. The Kier molecular flexibility index (Phi) is 3.58. The van der Waals surface area contributed by atoms with E-state index in [0.717, 1.165) is 12.8 Å². The number of carboxylic acid groups (broad SMARTS) is 1. The topological polar surface area (TPSA) is 71.7 Å². The van der Waals surface area contributed by atoms with Gasteiger partial charge in [0.2, 0.25) is 5.76 Å². The van der Waals surface area contributed by atoms with Gasteiger partial charge in [0.15, 0.2) is 0 Å². The fourth-order valence-electron chi connectivity index (χ4n) is 1.91. The van der Waals surface area contributed by atoms with E-state index >= 15 is 0 Å². The summed E-state index contributed by atoms with van der Waals surface area (Å²) >= 11 is 0. The van der Waals surface area contributed by atoms with Crippen molar-refractivity contribution in [2.75, 3.05) is 0 Å². The van der Waals surface area contributed by atoms with E-state index in [0.29, 0.717) is 12.1 Å². The molecule has 1 aliphatic carbocycles. The molecule has 88 valence electrons.